The normalized spacial score (nSPS) is 17.1. The number of hydrogen-bond acceptors (Lipinski definition) is 6. The first kappa shape index (κ1) is 30.4. The standard InChI is InChI=1S/C39H40O6/c1-42-36(40)43-33-19-13-31(14-20-33)39(27-9-4-10-28-39)32-17-23-35(24-18-32)45-37(41)44-34-21-15-30(16-22-34)38(25-7-3-8-26-38)29-11-5-2-6-12-29/h2,5-6,11-24H,3-4,7-10,25-28H2,1H3. The Morgan fingerprint density at radius 3 is 1.13 bits per heavy atom. The molecule has 45 heavy (non-hydrogen) atoms. The first-order valence-corrected chi connectivity index (χ1v) is 16.0. The molecule has 232 valence electrons. The van der Waals surface area contributed by atoms with Gasteiger partial charge < -0.3 is 18.9 Å². The van der Waals surface area contributed by atoms with E-state index in [0.29, 0.717) is 17.2 Å². The third-order valence-electron chi connectivity index (χ3n) is 9.73. The first-order valence-electron chi connectivity index (χ1n) is 16.0. The molecule has 0 heterocycles. The second kappa shape index (κ2) is 13.6. The number of carbonyl (C=O) groups is 2. The molecule has 0 N–H and O–H groups in total. The van der Waals surface area contributed by atoms with Crippen molar-refractivity contribution in [2.75, 3.05) is 7.11 Å². The number of hydrogen-bond donors (Lipinski definition) is 0. The van der Waals surface area contributed by atoms with Gasteiger partial charge in [0.15, 0.2) is 0 Å². The fourth-order valence-corrected chi connectivity index (χ4v) is 7.43. The van der Waals surface area contributed by atoms with Crippen molar-refractivity contribution in [2.24, 2.45) is 0 Å². The van der Waals surface area contributed by atoms with Crippen LogP contribution in [0.1, 0.15) is 86.5 Å². The van der Waals surface area contributed by atoms with Crippen LogP contribution in [-0.2, 0) is 15.6 Å². The number of rotatable bonds is 7. The van der Waals surface area contributed by atoms with Gasteiger partial charge in [0.1, 0.15) is 17.2 Å². The van der Waals surface area contributed by atoms with Gasteiger partial charge in [-0.3, -0.25) is 0 Å². The summed E-state index contributed by atoms with van der Waals surface area (Å²) in [5.41, 5.74) is 4.76. The average molecular weight is 605 g/mol. The lowest BCUT2D eigenvalue weighted by molar-refractivity contribution is 0.121. The Morgan fingerprint density at radius 1 is 0.444 bits per heavy atom. The fourth-order valence-electron chi connectivity index (χ4n) is 7.43. The lowest BCUT2D eigenvalue weighted by Crippen LogP contribution is -2.30. The van der Waals surface area contributed by atoms with Crippen LogP contribution in [0.5, 0.6) is 17.2 Å². The molecule has 2 aliphatic rings. The topological polar surface area (TPSA) is 71.1 Å². The minimum Gasteiger partial charge on any atom is -0.437 e. The second-order valence-corrected chi connectivity index (χ2v) is 12.2. The zero-order chi connectivity index (χ0) is 31.1. The smallest absolute Gasteiger partial charge is 0.437 e. The molecule has 2 saturated carbocycles. The number of carbonyl (C=O) groups excluding carboxylic acids is 2. The molecule has 4 aromatic carbocycles. The molecular weight excluding hydrogens is 564 g/mol. The van der Waals surface area contributed by atoms with Gasteiger partial charge in [-0.05, 0) is 84.3 Å². The highest BCUT2D eigenvalue weighted by Gasteiger charge is 2.37. The lowest BCUT2D eigenvalue weighted by atomic mass is 9.65. The second-order valence-electron chi connectivity index (χ2n) is 12.2. The van der Waals surface area contributed by atoms with Crippen LogP contribution in [-0.4, -0.2) is 19.4 Å². The number of benzene rings is 4. The van der Waals surface area contributed by atoms with Crippen molar-refractivity contribution in [1.82, 2.24) is 0 Å². The van der Waals surface area contributed by atoms with E-state index in [2.05, 4.69) is 47.2 Å². The molecule has 6 nitrogen and oxygen atoms in total. The van der Waals surface area contributed by atoms with Gasteiger partial charge >= 0.3 is 12.3 Å². The van der Waals surface area contributed by atoms with Crippen molar-refractivity contribution in [3.05, 3.63) is 125 Å². The Balaban J connectivity index is 1.13. The maximum absolute atomic E-state index is 12.8. The van der Waals surface area contributed by atoms with Crippen molar-refractivity contribution in [2.45, 2.75) is 75.0 Å². The summed E-state index contributed by atoms with van der Waals surface area (Å²) < 4.78 is 20.9. The third kappa shape index (κ3) is 6.60. The Labute approximate surface area is 265 Å². The van der Waals surface area contributed by atoms with E-state index in [1.54, 1.807) is 12.1 Å². The van der Waals surface area contributed by atoms with Gasteiger partial charge in [0.2, 0.25) is 0 Å². The summed E-state index contributed by atoms with van der Waals surface area (Å²) in [5, 5.41) is 0. The summed E-state index contributed by atoms with van der Waals surface area (Å²) in [7, 11) is 1.29. The van der Waals surface area contributed by atoms with Crippen LogP contribution < -0.4 is 14.2 Å². The van der Waals surface area contributed by atoms with Crippen molar-refractivity contribution in [1.29, 1.82) is 0 Å². The molecular formula is C39H40O6. The summed E-state index contributed by atoms with van der Waals surface area (Å²) in [6, 6.07) is 34.1. The predicted octanol–water partition coefficient (Wildman–Crippen LogP) is 9.91. The fraction of sp³-hybridized carbons (Fsp3) is 0.333. The SMILES string of the molecule is COC(=O)Oc1ccc(C2(c3ccc(OC(=O)Oc4ccc(C5(c6ccccc6)CCCCC5)cc4)cc3)CCCCC2)cc1. The Kier molecular flexibility index (Phi) is 9.20. The highest BCUT2D eigenvalue weighted by Crippen LogP contribution is 2.46. The minimum atomic E-state index is -0.764. The highest BCUT2D eigenvalue weighted by molar-refractivity contribution is 5.67. The molecule has 2 aliphatic carbocycles. The predicted molar refractivity (Wildman–Crippen MR) is 173 cm³/mol. The van der Waals surface area contributed by atoms with Crippen LogP contribution in [0.15, 0.2) is 103 Å². The molecule has 6 rings (SSSR count). The average Bonchev–Trinajstić information content (AvgIpc) is 3.10. The molecule has 0 bridgehead atoms. The molecule has 6 heteroatoms. The van der Waals surface area contributed by atoms with E-state index in [0.717, 1.165) is 44.1 Å². The van der Waals surface area contributed by atoms with E-state index in [1.807, 2.05) is 48.5 Å². The minimum absolute atomic E-state index is 0.00509. The van der Waals surface area contributed by atoms with E-state index in [4.69, 9.17) is 14.2 Å². The van der Waals surface area contributed by atoms with Gasteiger partial charge in [-0.2, -0.15) is 0 Å². The Morgan fingerprint density at radius 2 is 0.778 bits per heavy atom. The molecule has 2 fully saturated rings. The first-order chi connectivity index (χ1) is 22.0. The van der Waals surface area contributed by atoms with Crippen molar-refractivity contribution in [3.8, 4) is 17.2 Å². The van der Waals surface area contributed by atoms with E-state index >= 15 is 0 Å². The van der Waals surface area contributed by atoms with E-state index < -0.39 is 12.3 Å². The summed E-state index contributed by atoms with van der Waals surface area (Å²) in [6.07, 6.45) is 9.87. The van der Waals surface area contributed by atoms with Crippen LogP contribution in [0.4, 0.5) is 9.59 Å². The van der Waals surface area contributed by atoms with Crippen LogP contribution >= 0.6 is 0 Å². The van der Waals surface area contributed by atoms with E-state index in [1.165, 1.54) is 49.5 Å². The molecule has 4 aromatic rings. The summed E-state index contributed by atoms with van der Waals surface area (Å²) >= 11 is 0. The van der Waals surface area contributed by atoms with E-state index in [-0.39, 0.29) is 10.8 Å². The van der Waals surface area contributed by atoms with E-state index in [9.17, 15) is 9.59 Å². The molecule has 0 aliphatic heterocycles. The Hall–Kier alpha value is -4.58. The summed E-state index contributed by atoms with van der Waals surface area (Å²) in [4.78, 5) is 24.3. The largest absolute Gasteiger partial charge is 0.519 e. The van der Waals surface area contributed by atoms with Gasteiger partial charge in [0.25, 0.3) is 0 Å². The van der Waals surface area contributed by atoms with Gasteiger partial charge in [0.05, 0.1) is 7.11 Å². The maximum Gasteiger partial charge on any atom is 0.519 e. The molecule has 0 amide bonds. The van der Waals surface area contributed by atoms with Gasteiger partial charge in [-0.25, -0.2) is 9.59 Å². The Bertz CT molecular complexity index is 1560. The molecule has 0 aromatic heterocycles. The van der Waals surface area contributed by atoms with Gasteiger partial charge in [-0.1, -0.05) is 105 Å². The quantitative estimate of drug-likeness (QED) is 0.154. The van der Waals surface area contributed by atoms with Crippen LogP contribution in [0.3, 0.4) is 0 Å². The van der Waals surface area contributed by atoms with Gasteiger partial charge in [0, 0.05) is 10.8 Å². The van der Waals surface area contributed by atoms with Crippen molar-refractivity contribution < 1.29 is 28.5 Å². The number of methoxy groups -OCH3 is 1. The van der Waals surface area contributed by atoms with Crippen molar-refractivity contribution >= 4 is 12.3 Å². The molecule has 0 atom stereocenters. The summed E-state index contributed by atoms with van der Waals surface area (Å²) in [5.74, 6) is 1.33. The molecule has 0 unspecified atom stereocenters. The third-order valence-corrected chi connectivity index (χ3v) is 9.73. The van der Waals surface area contributed by atoms with Crippen LogP contribution in [0, 0.1) is 0 Å². The lowest BCUT2D eigenvalue weighted by Gasteiger charge is -2.38. The summed E-state index contributed by atoms with van der Waals surface area (Å²) in [6.45, 7) is 0. The zero-order valence-electron chi connectivity index (χ0n) is 25.8. The van der Waals surface area contributed by atoms with Crippen molar-refractivity contribution in [3.63, 3.8) is 0 Å². The molecule has 0 spiro atoms. The van der Waals surface area contributed by atoms with Gasteiger partial charge in [-0.15, -0.1) is 0 Å². The maximum atomic E-state index is 12.8. The van der Waals surface area contributed by atoms with Crippen LogP contribution in [0.25, 0.3) is 0 Å². The zero-order valence-corrected chi connectivity index (χ0v) is 25.8. The monoisotopic (exact) mass is 604 g/mol. The molecule has 0 saturated heterocycles. The number of ether oxygens (including phenoxy) is 4. The molecule has 0 radical (unpaired) electrons. The highest BCUT2D eigenvalue weighted by atomic mass is 16.7. The van der Waals surface area contributed by atoms with Crippen LogP contribution in [0.2, 0.25) is 0 Å².